The van der Waals surface area contributed by atoms with Crippen molar-refractivity contribution in [2.75, 3.05) is 16.9 Å². The minimum absolute atomic E-state index is 0.137. The van der Waals surface area contributed by atoms with E-state index < -0.39 is 0 Å². The summed E-state index contributed by atoms with van der Waals surface area (Å²) in [4.78, 5) is 25.9. The molecule has 1 aliphatic heterocycles. The number of anilines is 1. The van der Waals surface area contributed by atoms with E-state index in [1.54, 1.807) is 0 Å². The number of likely N-dealkylation sites (tertiary alicyclic amines) is 1. The first-order valence-corrected chi connectivity index (χ1v) is 9.98. The molecule has 2 amide bonds. The Morgan fingerprint density at radius 3 is 2.70 bits per heavy atom. The molecule has 0 radical (unpaired) electrons. The summed E-state index contributed by atoms with van der Waals surface area (Å²) in [6.07, 6.45) is 3.56. The zero-order chi connectivity index (χ0) is 16.8. The van der Waals surface area contributed by atoms with Crippen molar-refractivity contribution >= 4 is 51.6 Å². The second-order valence-corrected chi connectivity index (χ2v) is 8.16. The summed E-state index contributed by atoms with van der Waals surface area (Å²) in [7, 11) is 0. The third-order valence-electron chi connectivity index (χ3n) is 3.77. The van der Waals surface area contributed by atoms with Gasteiger partial charge in [-0.25, -0.2) is 0 Å². The summed E-state index contributed by atoms with van der Waals surface area (Å²) >= 11 is 8.15. The van der Waals surface area contributed by atoms with Gasteiger partial charge in [0.1, 0.15) is 0 Å². The summed E-state index contributed by atoms with van der Waals surface area (Å²) in [5.74, 6) is 0.573. The molecular weight excluding hydrogens is 356 g/mol. The molecule has 0 saturated carbocycles. The molecule has 2 heterocycles. The average molecular weight is 377 g/mol. The standard InChI is InChI=1S/C14H21ClN4O2S2/c1-9-4-3-5-10(2)19(9)12(21)8-22-14-18-17-13(23-14)16-11(20)6-7-15/h9-10H,3-8H2,1-2H3,(H,16,17,20)/t9-,10+. The van der Waals surface area contributed by atoms with E-state index in [2.05, 4.69) is 29.4 Å². The van der Waals surface area contributed by atoms with Crippen LogP contribution in [0.4, 0.5) is 5.13 Å². The predicted octanol–water partition coefficient (Wildman–Crippen LogP) is 2.99. The third kappa shape index (κ3) is 5.32. The second kappa shape index (κ2) is 8.84. The highest BCUT2D eigenvalue weighted by molar-refractivity contribution is 8.01. The van der Waals surface area contributed by atoms with Crippen molar-refractivity contribution in [2.45, 2.75) is 56.0 Å². The topological polar surface area (TPSA) is 75.2 Å². The minimum Gasteiger partial charge on any atom is -0.337 e. The van der Waals surface area contributed by atoms with Crippen molar-refractivity contribution in [1.29, 1.82) is 0 Å². The van der Waals surface area contributed by atoms with Gasteiger partial charge < -0.3 is 10.2 Å². The van der Waals surface area contributed by atoms with Gasteiger partial charge in [-0.05, 0) is 33.1 Å². The van der Waals surface area contributed by atoms with Crippen LogP contribution in [0, 0.1) is 0 Å². The van der Waals surface area contributed by atoms with Crippen LogP contribution in [-0.2, 0) is 9.59 Å². The summed E-state index contributed by atoms with van der Waals surface area (Å²) < 4.78 is 0.678. The largest absolute Gasteiger partial charge is 0.337 e. The van der Waals surface area contributed by atoms with Crippen molar-refractivity contribution in [2.24, 2.45) is 0 Å². The average Bonchev–Trinajstić information content (AvgIpc) is 2.92. The Morgan fingerprint density at radius 2 is 2.04 bits per heavy atom. The maximum absolute atomic E-state index is 12.4. The van der Waals surface area contributed by atoms with Gasteiger partial charge in [-0.1, -0.05) is 23.1 Å². The Bertz CT molecular complexity index is 545. The van der Waals surface area contributed by atoms with Gasteiger partial charge in [-0.3, -0.25) is 9.59 Å². The molecule has 1 aliphatic rings. The van der Waals surface area contributed by atoms with E-state index in [1.165, 1.54) is 29.5 Å². The van der Waals surface area contributed by atoms with Gasteiger partial charge in [-0.2, -0.15) is 0 Å². The summed E-state index contributed by atoms with van der Waals surface area (Å²) in [5.41, 5.74) is 0. The van der Waals surface area contributed by atoms with Crippen LogP contribution in [0.25, 0.3) is 0 Å². The molecule has 2 rings (SSSR count). The highest BCUT2D eigenvalue weighted by Gasteiger charge is 2.28. The van der Waals surface area contributed by atoms with Crippen molar-refractivity contribution < 1.29 is 9.59 Å². The van der Waals surface area contributed by atoms with Crippen LogP contribution in [0.3, 0.4) is 0 Å². The number of nitrogens with one attached hydrogen (secondary N) is 1. The van der Waals surface area contributed by atoms with Crippen LogP contribution < -0.4 is 5.32 Å². The summed E-state index contributed by atoms with van der Waals surface area (Å²) in [5, 5.41) is 11.0. The molecule has 1 aromatic rings. The molecule has 128 valence electrons. The molecule has 9 heteroatoms. The zero-order valence-electron chi connectivity index (χ0n) is 13.2. The van der Waals surface area contributed by atoms with Gasteiger partial charge in [-0.15, -0.1) is 21.8 Å². The lowest BCUT2D eigenvalue weighted by molar-refractivity contribution is -0.134. The monoisotopic (exact) mass is 376 g/mol. The Hall–Kier alpha value is -0.860. The molecule has 1 fully saturated rings. The second-order valence-electron chi connectivity index (χ2n) is 5.58. The van der Waals surface area contributed by atoms with Gasteiger partial charge in [0.05, 0.1) is 5.75 Å². The minimum atomic E-state index is -0.181. The number of piperidine rings is 1. The lowest BCUT2D eigenvalue weighted by atomic mass is 9.98. The predicted molar refractivity (Wildman–Crippen MR) is 94.2 cm³/mol. The Labute approximate surface area is 149 Å². The molecule has 0 aromatic carbocycles. The van der Waals surface area contributed by atoms with Crippen molar-refractivity contribution in [3.8, 4) is 0 Å². The molecule has 0 aliphatic carbocycles. The maximum atomic E-state index is 12.4. The van der Waals surface area contributed by atoms with Crippen LogP contribution in [0.1, 0.15) is 39.5 Å². The smallest absolute Gasteiger partial charge is 0.233 e. The van der Waals surface area contributed by atoms with Crippen molar-refractivity contribution in [3.05, 3.63) is 0 Å². The van der Waals surface area contributed by atoms with E-state index >= 15 is 0 Å². The number of nitrogens with zero attached hydrogens (tertiary/aromatic N) is 3. The van der Waals surface area contributed by atoms with Gasteiger partial charge >= 0.3 is 0 Å². The highest BCUT2D eigenvalue weighted by Crippen LogP contribution is 2.28. The first kappa shape index (κ1) is 18.5. The number of aromatic nitrogens is 2. The van der Waals surface area contributed by atoms with Crippen LogP contribution in [0.15, 0.2) is 4.34 Å². The van der Waals surface area contributed by atoms with Gasteiger partial charge in [0, 0.05) is 24.4 Å². The molecule has 1 N–H and O–H groups in total. The SMILES string of the molecule is C[C@@H]1CCC[C@H](C)N1C(=O)CSc1nnc(NC(=O)CCCl)s1. The fraction of sp³-hybridized carbons (Fsp3) is 0.714. The lowest BCUT2D eigenvalue weighted by Gasteiger charge is -2.39. The number of carbonyl (C=O) groups is 2. The molecule has 2 atom stereocenters. The van der Waals surface area contributed by atoms with Gasteiger partial charge in [0.2, 0.25) is 16.9 Å². The van der Waals surface area contributed by atoms with E-state index in [9.17, 15) is 9.59 Å². The van der Waals surface area contributed by atoms with Crippen LogP contribution in [-0.4, -0.2) is 50.6 Å². The number of alkyl halides is 1. The number of halogens is 1. The first-order valence-electron chi connectivity index (χ1n) is 7.64. The molecule has 23 heavy (non-hydrogen) atoms. The first-order chi connectivity index (χ1) is 11.0. The van der Waals surface area contributed by atoms with Crippen LogP contribution >= 0.6 is 34.7 Å². The number of hydrogen-bond donors (Lipinski definition) is 1. The fourth-order valence-corrected chi connectivity index (χ4v) is 4.51. The van der Waals surface area contributed by atoms with Gasteiger partial charge in [0.15, 0.2) is 4.34 Å². The summed E-state index contributed by atoms with van der Waals surface area (Å²) in [6.45, 7) is 4.21. The molecule has 6 nitrogen and oxygen atoms in total. The quantitative estimate of drug-likeness (QED) is 0.469. The third-order valence-corrected chi connectivity index (χ3v) is 5.92. The van der Waals surface area contributed by atoms with E-state index in [-0.39, 0.29) is 24.1 Å². The molecule has 0 spiro atoms. The number of hydrogen-bond acceptors (Lipinski definition) is 6. The molecule has 1 aromatic heterocycles. The molecule has 0 bridgehead atoms. The Kier molecular flexibility index (Phi) is 7.10. The maximum Gasteiger partial charge on any atom is 0.233 e. The highest BCUT2D eigenvalue weighted by atomic mass is 35.5. The number of rotatable bonds is 6. The van der Waals surface area contributed by atoms with Gasteiger partial charge in [0.25, 0.3) is 0 Å². The van der Waals surface area contributed by atoms with Crippen molar-refractivity contribution in [3.63, 3.8) is 0 Å². The lowest BCUT2D eigenvalue weighted by Crippen LogP contribution is -2.48. The normalized spacial score (nSPS) is 21.3. The Balaban J connectivity index is 1.84. The van der Waals surface area contributed by atoms with E-state index in [0.717, 1.165) is 12.8 Å². The molecule has 0 unspecified atom stereocenters. The number of thioether (sulfide) groups is 1. The molecular formula is C14H21ClN4O2S2. The van der Waals surface area contributed by atoms with Crippen LogP contribution in [0.5, 0.6) is 0 Å². The van der Waals surface area contributed by atoms with E-state index in [0.29, 0.717) is 27.3 Å². The van der Waals surface area contributed by atoms with Crippen LogP contribution in [0.2, 0.25) is 0 Å². The Morgan fingerprint density at radius 1 is 1.35 bits per heavy atom. The molecule has 1 saturated heterocycles. The van der Waals surface area contributed by atoms with E-state index in [1.807, 2.05) is 4.90 Å². The zero-order valence-corrected chi connectivity index (χ0v) is 15.6. The van der Waals surface area contributed by atoms with E-state index in [4.69, 9.17) is 11.6 Å². The summed E-state index contributed by atoms with van der Waals surface area (Å²) in [6, 6.07) is 0.596. The van der Waals surface area contributed by atoms with Crippen molar-refractivity contribution in [1.82, 2.24) is 15.1 Å². The number of amides is 2. The number of carbonyl (C=O) groups excluding carboxylic acids is 2. The fourth-order valence-electron chi connectivity index (χ4n) is 2.70.